The third-order valence-electron chi connectivity index (χ3n) is 2.93. The second kappa shape index (κ2) is 8.19. The predicted molar refractivity (Wildman–Crippen MR) is 83.8 cm³/mol. The first-order valence-corrected chi connectivity index (χ1v) is 7.64. The van der Waals surface area contributed by atoms with Gasteiger partial charge in [-0.05, 0) is 23.6 Å². The summed E-state index contributed by atoms with van der Waals surface area (Å²) >= 11 is 1.48. The van der Waals surface area contributed by atoms with Crippen molar-refractivity contribution in [3.05, 3.63) is 52.7 Å². The molecule has 1 heterocycles. The Bertz CT molecular complexity index is 598. The third kappa shape index (κ3) is 4.89. The molecule has 2 rings (SSSR count). The summed E-state index contributed by atoms with van der Waals surface area (Å²) in [6.07, 6.45) is 0.0914. The number of carbonyl (C=O) groups excluding carboxylic acids is 2. The van der Waals surface area contributed by atoms with Crippen LogP contribution in [0.15, 0.2) is 47.8 Å². The van der Waals surface area contributed by atoms with Crippen molar-refractivity contribution in [3.8, 4) is 5.75 Å². The Morgan fingerprint density at radius 3 is 2.59 bits per heavy atom. The van der Waals surface area contributed by atoms with Gasteiger partial charge in [0.25, 0.3) is 5.91 Å². The van der Waals surface area contributed by atoms with Gasteiger partial charge in [0.05, 0.1) is 19.6 Å². The molecule has 1 N–H and O–H groups in total. The first kappa shape index (κ1) is 16.0. The number of carbonyl (C=O) groups is 2. The molecule has 0 bridgehead atoms. The van der Waals surface area contributed by atoms with E-state index >= 15 is 0 Å². The topological polar surface area (TPSA) is 64.6 Å². The van der Waals surface area contributed by atoms with E-state index in [9.17, 15) is 9.59 Å². The molecule has 22 heavy (non-hydrogen) atoms. The quantitative estimate of drug-likeness (QED) is 0.797. The smallest absolute Gasteiger partial charge is 0.307 e. The molecule has 1 aromatic heterocycles. The largest absolute Gasteiger partial charge is 0.484 e. The summed E-state index contributed by atoms with van der Waals surface area (Å²) in [5, 5.41) is 4.70. The number of esters is 1. The Hall–Kier alpha value is -2.34. The Labute approximate surface area is 132 Å². The standard InChI is InChI=1S/C16H17NO4S/c1-20-16(19)10-13(14-8-5-9-22-14)17-15(18)11-21-12-6-3-2-4-7-12/h2-9,13H,10-11H2,1H3,(H,17,18). The summed E-state index contributed by atoms with van der Waals surface area (Å²) in [5.41, 5.74) is 0. The lowest BCUT2D eigenvalue weighted by Gasteiger charge is -2.16. The molecular weight excluding hydrogens is 302 g/mol. The van der Waals surface area contributed by atoms with Crippen molar-refractivity contribution in [2.24, 2.45) is 0 Å². The summed E-state index contributed by atoms with van der Waals surface area (Å²) in [6.45, 7) is -0.104. The van der Waals surface area contributed by atoms with Gasteiger partial charge in [-0.1, -0.05) is 24.3 Å². The highest BCUT2D eigenvalue weighted by atomic mass is 32.1. The fourth-order valence-electron chi connectivity index (χ4n) is 1.86. The predicted octanol–water partition coefficient (Wildman–Crippen LogP) is 2.55. The van der Waals surface area contributed by atoms with Crippen LogP contribution < -0.4 is 10.1 Å². The molecule has 0 saturated heterocycles. The van der Waals surface area contributed by atoms with Crippen LogP contribution in [0, 0.1) is 0 Å². The molecule has 1 amide bonds. The number of hydrogen-bond acceptors (Lipinski definition) is 5. The van der Waals surface area contributed by atoms with Gasteiger partial charge in [-0.25, -0.2) is 0 Å². The van der Waals surface area contributed by atoms with E-state index in [4.69, 9.17) is 4.74 Å². The first-order valence-electron chi connectivity index (χ1n) is 6.76. The molecule has 0 aliphatic heterocycles. The maximum Gasteiger partial charge on any atom is 0.307 e. The molecule has 2 aromatic rings. The molecule has 0 aliphatic rings. The summed E-state index contributed by atoms with van der Waals surface area (Å²) in [6, 6.07) is 12.4. The molecule has 116 valence electrons. The van der Waals surface area contributed by atoms with E-state index in [1.807, 2.05) is 35.7 Å². The van der Waals surface area contributed by atoms with Gasteiger partial charge < -0.3 is 14.8 Å². The lowest BCUT2D eigenvalue weighted by molar-refractivity contribution is -0.141. The van der Waals surface area contributed by atoms with Crippen LogP contribution in [0.2, 0.25) is 0 Å². The zero-order valence-corrected chi connectivity index (χ0v) is 13.0. The summed E-state index contributed by atoms with van der Waals surface area (Å²) < 4.78 is 10.1. The molecule has 0 radical (unpaired) electrons. The van der Waals surface area contributed by atoms with Crippen LogP contribution in [0.4, 0.5) is 0 Å². The number of nitrogens with one attached hydrogen (secondary N) is 1. The van der Waals surface area contributed by atoms with Gasteiger partial charge in [0.15, 0.2) is 6.61 Å². The number of rotatable bonds is 7. The lowest BCUT2D eigenvalue weighted by Crippen LogP contribution is -2.33. The van der Waals surface area contributed by atoms with Gasteiger partial charge >= 0.3 is 5.97 Å². The van der Waals surface area contributed by atoms with E-state index in [-0.39, 0.29) is 24.9 Å². The lowest BCUT2D eigenvalue weighted by atomic mass is 10.1. The van der Waals surface area contributed by atoms with Crippen molar-refractivity contribution in [1.82, 2.24) is 5.32 Å². The number of thiophene rings is 1. The van der Waals surface area contributed by atoms with Crippen LogP contribution in [0.5, 0.6) is 5.75 Å². The van der Waals surface area contributed by atoms with Gasteiger partial charge in [0.2, 0.25) is 0 Å². The normalized spacial score (nSPS) is 11.5. The minimum atomic E-state index is -0.403. The second-order valence-corrected chi connectivity index (χ2v) is 5.50. The van der Waals surface area contributed by atoms with E-state index in [0.717, 1.165) is 4.88 Å². The Balaban J connectivity index is 1.92. The van der Waals surface area contributed by atoms with Crippen molar-refractivity contribution >= 4 is 23.2 Å². The molecule has 0 fully saturated rings. The number of para-hydroxylation sites is 1. The van der Waals surface area contributed by atoms with E-state index in [2.05, 4.69) is 10.1 Å². The molecule has 6 heteroatoms. The van der Waals surface area contributed by atoms with Crippen LogP contribution in [0.25, 0.3) is 0 Å². The molecule has 1 unspecified atom stereocenters. The monoisotopic (exact) mass is 319 g/mol. The summed E-state index contributed by atoms with van der Waals surface area (Å²) in [4.78, 5) is 24.4. The van der Waals surface area contributed by atoms with E-state index in [0.29, 0.717) is 5.75 Å². The Morgan fingerprint density at radius 1 is 1.18 bits per heavy atom. The first-order chi connectivity index (χ1) is 10.7. The van der Waals surface area contributed by atoms with Crippen molar-refractivity contribution in [1.29, 1.82) is 0 Å². The second-order valence-electron chi connectivity index (χ2n) is 4.52. The van der Waals surface area contributed by atoms with Crippen LogP contribution in [-0.4, -0.2) is 25.6 Å². The maximum absolute atomic E-state index is 12.0. The number of ether oxygens (including phenoxy) is 2. The zero-order valence-electron chi connectivity index (χ0n) is 12.2. The van der Waals surface area contributed by atoms with Crippen LogP contribution in [-0.2, 0) is 14.3 Å². The highest BCUT2D eigenvalue weighted by Crippen LogP contribution is 2.22. The van der Waals surface area contributed by atoms with Crippen molar-refractivity contribution < 1.29 is 19.1 Å². The molecule has 5 nitrogen and oxygen atoms in total. The average molecular weight is 319 g/mol. The van der Waals surface area contributed by atoms with Crippen LogP contribution in [0.1, 0.15) is 17.3 Å². The third-order valence-corrected chi connectivity index (χ3v) is 3.92. The summed E-state index contributed by atoms with van der Waals surface area (Å²) in [5.74, 6) is -0.0351. The van der Waals surface area contributed by atoms with Gasteiger partial charge in [-0.2, -0.15) is 0 Å². The number of amides is 1. The average Bonchev–Trinajstić information content (AvgIpc) is 3.07. The highest BCUT2D eigenvalue weighted by molar-refractivity contribution is 7.10. The Morgan fingerprint density at radius 2 is 1.95 bits per heavy atom. The number of benzene rings is 1. The van der Waals surface area contributed by atoms with Crippen molar-refractivity contribution in [2.45, 2.75) is 12.5 Å². The van der Waals surface area contributed by atoms with Gasteiger partial charge in [-0.3, -0.25) is 9.59 Å². The van der Waals surface area contributed by atoms with Crippen molar-refractivity contribution in [3.63, 3.8) is 0 Å². The van der Waals surface area contributed by atoms with E-state index in [1.165, 1.54) is 18.4 Å². The van der Waals surface area contributed by atoms with Crippen LogP contribution >= 0.6 is 11.3 Å². The minimum Gasteiger partial charge on any atom is -0.484 e. The highest BCUT2D eigenvalue weighted by Gasteiger charge is 2.20. The van der Waals surface area contributed by atoms with E-state index in [1.54, 1.807) is 12.1 Å². The molecular formula is C16H17NO4S. The fraction of sp³-hybridized carbons (Fsp3) is 0.250. The van der Waals surface area contributed by atoms with Crippen molar-refractivity contribution in [2.75, 3.05) is 13.7 Å². The van der Waals surface area contributed by atoms with E-state index < -0.39 is 6.04 Å². The van der Waals surface area contributed by atoms with Gasteiger partial charge in [0, 0.05) is 4.88 Å². The SMILES string of the molecule is COC(=O)CC(NC(=O)COc1ccccc1)c1cccs1. The number of hydrogen-bond donors (Lipinski definition) is 1. The zero-order chi connectivity index (χ0) is 15.8. The molecule has 0 aliphatic carbocycles. The molecule has 1 aromatic carbocycles. The summed E-state index contributed by atoms with van der Waals surface area (Å²) in [7, 11) is 1.33. The van der Waals surface area contributed by atoms with Gasteiger partial charge in [-0.15, -0.1) is 11.3 Å². The fourth-order valence-corrected chi connectivity index (χ4v) is 2.64. The maximum atomic E-state index is 12.0. The molecule has 0 saturated carbocycles. The molecule has 0 spiro atoms. The number of methoxy groups -OCH3 is 1. The Kier molecular flexibility index (Phi) is 5.97. The molecule has 1 atom stereocenters. The minimum absolute atomic E-state index is 0.0914. The van der Waals surface area contributed by atoms with Gasteiger partial charge in [0.1, 0.15) is 5.75 Å². The van der Waals surface area contributed by atoms with Crippen LogP contribution in [0.3, 0.4) is 0 Å².